The number of benzene rings is 1. The third-order valence-electron chi connectivity index (χ3n) is 4.51. The summed E-state index contributed by atoms with van der Waals surface area (Å²) in [6, 6.07) is 5.67. The molecule has 1 aromatic heterocycles. The average molecular weight is 360 g/mol. The van der Waals surface area contributed by atoms with E-state index in [0.29, 0.717) is 29.0 Å². The van der Waals surface area contributed by atoms with Crippen molar-refractivity contribution in [3.05, 3.63) is 29.3 Å². The van der Waals surface area contributed by atoms with E-state index in [9.17, 15) is 4.79 Å². The van der Waals surface area contributed by atoms with E-state index in [2.05, 4.69) is 18.8 Å². The normalized spacial score (nSPS) is 20.4. The molecule has 6 heteroatoms. The van der Waals surface area contributed by atoms with E-state index in [1.54, 1.807) is 14.2 Å². The van der Waals surface area contributed by atoms with Crippen LogP contribution >= 0.6 is 11.3 Å². The number of carbonyl (C=O) groups excluding carboxylic acids is 1. The number of hydrogen-bond donors (Lipinski definition) is 0. The van der Waals surface area contributed by atoms with Crippen LogP contribution in [-0.2, 0) is 0 Å². The Hall–Kier alpha value is -2.08. The fourth-order valence-corrected chi connectivity index (χ4v) is 4.26. The predicted octanol–water partition coefficient (Wildman–Crippen LogP) is 3.95. The molecule has 1 aliphatic heterocycles. The monoisotopic (exact) mass is 360 g/mol. The Morgan fingerprint density at radius 1 is 1.16 bits per heavy atom. The summed E-state index contributed by atoms with van der Waals surface area (Å²) >= 11 is 1.47. The molecule has 0 N–H and O–H groups in total. The van der Waals surface area contributed by atoms with Gasteiger partial charge in [0.05, 0.1) is 14.2 Å². The summed E-state index contributed by atoms with van der Waals surface area (Å²) in [6.45, 7) is 6.02. The van der Waals surface area contributed by atoms with Gasteiger partial charge in [0, 0.05) is 24.0 Å². The molecule has 134 valence electrons. The molecule has 2 unspecified atom stereocenters. The molecule has 5 nitrogen and oxygen atoms in total. The Balaban J connectivity index is 1.81. The van der Waals surface area contributed by atoms with Gasteiger partial charge in [-0.2, -0.15) is 0 Å². The number of ether oxygens (including phenoxy) is 2. The third kappa shape index (κ3) is 3.79. The average Bonchev–Trinajstić information content (AvgIpc) is 3.09. The van der Waals surface area contributed by atoms with Gasteiger partial charge in [0.1, 0.15) is 10.7 Å². The molecule has 0 aliphatic carbocycles. The maximum absolute atomic E-state index is 12.8. The van der Waals surface area contributed by atoms with Crippen molar-refractivity contribution in [1.82, 2.24) is 9.88 Å². The second-order valence-electron chi connectivity index (χ2n) is 6.76. The Bertz CT molecular complexity index is 749. The molecule has 0 saturated carbocycles. The van der Waals surface area contributed by atoms with Crippen LogP contribution in [0.4, 0.5) is 0 Å². The molecule has 1 fully saturated rings. The molecular weight excluding hydrogens is 336 g/mol. The first kappa shape index (κ1) is 17.7. The lowest BCUT2D eigenvalue weighted by atomic mass is 9.92. The number of likely N-dealkylation sites (tertiary alicyclic amines) is 1. The minimum Gasteiger partial charge on any atom is -0.493 e. The van der Waals surface area contributed by atoms with Crippen molar-refractivity contribution in [3.8, 4) is 22.1 Å². The third-order valence-corrected chi connectivity index (χ3v) is 5.40. The first-order valence-electron chi connectivity index (χ1n) is 8.49. The number of rotatable bonds is 4. The SMILES string of the molecule is COc1ccc(-c2nc(C(=O)N3CC(C)CC(C)C3)cs2)cc1OC. The van der Waals surface area contributed by atoms with E-state index in [-0.39, 0.29) is 5.91 Å². The van der Waals surface area contributed by atoms with Gasteiger partial charge in [-0.3, -0.25) is 4.79 Å². The molecule has 0 spiro atoms. The molecule has 1 saturated heterocycles. The number of methoxy groups -OCH3 is 2. The Morgan fingerprint density at radius 2 is 1.84 bits per heavy atom. The summed E-state index contributed by atoms with van der Waals surface area (Å²) < 4.78 is 10.6. The Morgan fingerprint density at radius 3 is 2.48 bits per heavy atom. The van der Waals surface area contributed by atoms with Crippen molar-refractivity contribution in [2.45, 2.75) is 20.3 Å². The van der Waals surface area contributed by atoms with Crippen LogP contribution in [0.1, 0.15) is 30.8 Å². The number of carbonyl (C=O) groups is 1. The van der Waals surface area contributed by atoms with Crippen LogP contribution in [0.5, 0.6) is 11.5 Å². The summed E-state index contributed by atoms with van der Waals surface area (Å²) in [7, 11) is 3.22. The summed E-state index contributed by atoms with van der Waals surface area (Å²) in [6.07, 6.45) is 1.18. The number of aromatic nitrogens is 1. The largest absolute Gasteiger partial charge is 0.493 e. The topological polar surface area (TPSA) is 51.7 Å². The summed E-state index contributed by atoms with van der Waals surface area (Å²) in [5.41, 5.74) is 1.44. The molecule has 1 aliphatic rings. The summed E-state index contributed by atoms with van der Waals surface area (Å²) in [5, 5.41) is 2.65. The maximum Gasteiger partial charge on any atom is 0.273 e. The lowest BCUT2D eigenvalue weighted by Gasteiger charge is -2.34. The molecule has 2 heterocycles. The van der Waals surface area contributed by atoms with Gasteiger partial charge in [-0.1, -0.05) is 13.8 Å². The zero-order valence-electron chi connectivity index (χ0n) is 15.1. The lowest BCUT2D eigenvalue weighted by Crippen LogP contribution is -2.42. The zero-order valence-corrected chi connectivity index (χ0v) is 15.9. The van der Waals surface area contributed by atoms with Crippen LogP contribution < -0.4 is 9.47 Å². The first-order valence-corrected chi connectivity index (χ1v) is 9.37. The number of amides is 1. The molecule has 1 amide bonds. The molecule has 2 aromatic rings. The van der Waals surface area contributed by atoms with Crippen molar-refractivity contribution in [2.24, 2.45) is 11.8 Å². The van der Waals surface area contributed by atoms with Crippen molar-refractivity contribution < 1.29 is 14.3 Å². The first-order chi connectivity index (χ1) is 12.0. The van der Waals surface area contributed by atoms with Gasteiger partial charge in [-0.15, -0.1) is 11.3 Å². The van der Waals surface area contributed by atoms with E-state index < -0.39 is 0 Å². The highest BCUT2D eigenvalue weighted by atomic mass is 32.1. The quantitative estimate of drug-likeness (QED) is 0.828. The van der Waals surface area contributed by atoms with Crippen molar-refractivity contribution in [3.63, 3.8) is 0 Å². The van der Waals surface area contributed by atoms with Crippen LogP contribution in [0.3, 0.4) is 0 Å². The number of hydrogen-bond acceptors (Lipinski definition) is 5. The van der Waals surface area contributed by atoms with Gasteiger partial charge in [-0.05, 0) is 36.5 Å². The molecule has 0 radical (unpaired) electrons. The molecule has 3 rings (SSSR count). The summed E-state index contributed by atoms with van der Waals surface area (Å²) in [4.78, 5) is 19.3. The predicted molar refractivity (Wildman–Crippen MR) is 99.5 cm³/mol. The lowest BCUT2D eigenvalue weighted by molar-refractivity contribution is 0.0618. The van der Waals surface area contributed by atoms with Crippen LogP contribution in [0.15, 0.2) is 23.6 Å². The van der Waals surface area contributed by atoms with E-state index in [0.717, 1.165) is 23.7 Å². The van der Waals surface area contributed by atoms with Crippen LogP contribution in [-0.4, -0.2) is 43.1 Å². The smallest absolute Gasteiger partial charge is 0.273 e. The zero-order chi connectivity index (χ0) is 18.0. The van der Waals surface area contributed by atoms with Crippen molar-refractivity contribution >= 4 is 17.2 Å². The Labute approximate surface area is 152 Å². The van der Waals surface area contributed by atoms with E-state index in [1.807, 2.05) is 28.5 Å². The minimum atomic E-state index is 0.0291. The maximum atomic E-state index is 12.8. The standard InChI is InChI=1S/C19H24N2O3S/c1-12-7-13(2)10-21(9-12)19(22)15-11-25-18(20-15)14-5-6-16(23-3)17(8-14)24-4/h5-6,8,11-13H,7,9-10H2,1-4H3. The molecule has 1 aromatic carbocycles. The fourth-order valence-electron chi connectivity index (χ4n) is 3.46. The van der Waals surface area contributed by atoms with Gasteiger partial charge in [0.25, 0.3) is 5.91 Å². The van der Waals surface area contributed by atoms with Crippen molar-refractivity contribution in [2.75, 3.05) is 27.3 Å². The second-order valence-corrected chi connectivity index (χ2v) is 7.62. The highest BCUT2D eigenvalue weighted by molar-refractivity contribution is 7.13. The highest BCUT2D eigenvalue weighted by Crippen LogP contribution is 2.34. The molecule has 2 atom stereocenters. The van der Waals surface area contributed by atoms with Crippen LogP contribution in [0.2, 0.25) is 0 Å². The molecule has 0 bridgehead atoms. The van der Waals surface area contributed by atoms with Gasteiger partial charge < -0.3 is 14.4 Å². The molecular formula is C19H24N2O3S. The fraction of sp³-hybridized carbons (Fsp3) is 0.474. The summed E-state index contributed by atoms with van der Waals surface area (Å²) in [5.74, 6) is 2.44. The van der Waals surface area contributed by atoms with E-state index >= 15 is 0 Å². The van der Waals surface area contributed by atoms with Gasteiger partial charge in [0.2, 0.25) is 0 Å². The minimum absolute atomic E-state index is 0.0291. The Kier molecular flexibility index (Phi) is 5.27. The van der Waals surface area contributed by atoms with Gasteiger partial charge in [0.15, 0.2) is 11.5 Å². The van der Waals surface area contributed by atoms with Crippen molar-refractivity contribution in [1.29, 1.82) is 0 Å². The van der Waals surface area contributed by atoms with Crippen LogP contribution in [0.25, 0.3) is 10.6 Å². The van der Waals surface area contributed by atoms with E-state index in [1.165, 1.54) is 17.8 Å². The number of nitrogens with zero attached hydrogens (tertiary/aromatic N) is 2. The molecule has 25 heavy (non-hydrogen) atoms. The van der Waals surface area contributed by atoms with Gasteiger partial charge in [-0.25, -0.2) is 4.98 Å². The second kappa shape index (κ2) is 7.44. The van der Waals surface area contributed by atoms with Gasteiger partial charge >= 0.3 is 0 Å². The number of thiazole rings is 1. The number of piperidine rings is 1. The van der Waals surface area contributed by atoms with E-state index in [4.69, 9.17) is 9.47 Å². The van der Waals surface area contributed by atoms with Crippen LogP contribution in [0, 0.1) is 11.8 Å². The highest BCUT2D eigenvalue weighted by Gasteiger charge is 2.27.